The van der Waals surface area contributed by atoms with Crippen LogP contribution in [0.2, 0.25) is 0 Å². The first-order chi connectivity index (χ1) is 19.0. The number of hydrogen-bond acceptors (Lipinski definition) is 6. The van der Waals surface area contributed by atoms with Crippen molar-refractivity contribution in [1.82, 2.24) is 14.5 Å². The van der Waals surface area contributed by atoms with Crippen LogP contribution in [-0.2, 0) is 15.7 Å². The second-order valence-electron chi connectivity index (χ2n) is 10.1. The molecule has 2 aliphatic rings. The number of benzene rings is 2. The summed E-state index contributed by atoms with van der Waals surface area (Å²) >= 11 is 3.39. The minimum Gasteiger partial charge on any atom is -0.383 e. The number of anilines is 1. The number of ether oxygens (including phenoxy) is 1. The van der Waals surface area contributed by atoms with Gasteiger partial charge in [-0.1, -0.05) is 18.7 Å². The van der Waals surface area contributed by atoms with Gasteiger partial charge in [0.2, 0.25) is 5.91 Å². The van der Waals surface area contributed by atoms with Crippen LogP contribution in [-0.4, -0.2) is 65.0 Å². The number of methoxy groups -OCH3 is 1. The van der Waals surface area contributed by atoms with E-state index in [1.165, 1.54) is 29.5 Å². The average Bonchev–Trinajstić information content (AvgIpc) is 2.89. The van der Waals surface area contributed by atoms with E-state index in [-0.39, 0.29) is 47.4 Å². The first-order valence-electron chi connectivity index (χ1n) is 12.7. The van der Waals surface area contributed by atoms with Crippen molar-refractivity contribution in [2.75, 3.05) is 37.5 Å². The Morgan fingerprint density at radius 1 is 1.25 bits per heavy atom. The van der Waals surface area contributed by atoms with Gasteiger partial charge in [-0.15, -0.1) is 11.8 Å². The highest BCUT2D eigenvalue weighted by atomic mass is 127. The van der Waals surface area contributed by atoms with E-state index < -0.39 is 17.4 Å². The van der Waals surface area contributed by atoms with E-state index in [1.54, 1.807) is 23.1 Å². The summed E-state index contributed by atoms with van der Waals surface area (Å²) in [4.78, 5) is 34.4. The highest BCUT2D eigenvalue weighted by molar-refractivity contribution is 14.1. The highest BCUT2D eigenvalue weighted by Crippen LogP contribution is 2.50. The third-order valence-electron chi connectivity index (χ3n) is 7.36. The van der Waals surface area contributed by atoms with Gasteiger partial charge in [-0.25, -0.2) is 4.79 Å². The van der Waals surface area contributed by atoms with Gasteiger partial charge >= 0.3 is 11.9 Å². The number of alkyl halides is 3. The average molecular weight is 685 g/mol. The largest absolute Gasteiger partial charge is 0.417 e. The Kier molecular flexibility index (Phi) is 7.96. The van der Waals surface area contributed by atoms with E-state index in [2.05, 4.69) is 34.2 Å². The van der Waals surface area contributed by atoms with Crippen LogP contribution in [0.15, 0.2) is 52.7 Å². The topological polar surface area (TPSA) is 67.7 Å². The number of thioether (sulfide) groups is 1. The molecule has 3 aromatic rings. The maximum absolute atomic E-state index is 14.8. The summed E-state index contributed by atoms with van der Waals surface area (Å²) in [5.74, 6) is 0.344. The van der Waals surface area contributed by atoms with Gasteiger partial charge in [-0.2, -0.15) is 18.2 Å². The zero-order valence-electron chi connectivity index (χ0n) is 22.2. The Balaban J connectivity index is 1.82. The Labute approximate surface area is 247 Å². The number of rotatable bonds is 5. The van der Waals surface area contributed by atoms with Crippen molar-refractivity contribution in [2.45, 2.75) is 43.0 Å². The van der Waals surface area contributed by atoms with E-state index in [9.17, 15) is 22.8 Å². The molecule has 0 spiro atoms. The molecule has 5 rings (SSSR count). The first kappa shape index (κ1) is 28.9. The minimum absolute atomic E-state index is 0.0628. The Morgan fingerprint density at radius 2 is 1.95 bits per heavy atom. The third-order valence-corrected chi connectivity index (χ3v) is 9.26. The maximum Gasteiger partial charge on any atom is 0.417 e. The summed E-state index contributed by atoms with van der Waals surface area (Å²) in [6.45, 7) is 8.14. The van der Waals surface area contributed by atoms with Gasteiger partial charge in [0.05, 0.1) is 23.7 Å². The van der Waals surface area contributed by atoms with Crippen molar-refractivity contribution < 1.29 is 22.7 Å². The van der Waals surface area contributed by atoms with Gasteiger partial charge < -0.3 is 14.5 Å². The monoisotopic (exact) mass is 684 g/mol. The molecule has 2 aliphatic heterocycles. The second-order valence-corrected chi connectivity index (χ2v) is 12.4. The molecule has 1 saturated heterocycles. The third kappa shape index (κ3) is 5.02. The normalized spacial score (nSPS) is 21.1. The molecule has 1 aromatic heterocycles. The Morgan fingerprint density at radius 3 is 2.55 bits per heavy atom. The Hall–Kier alpha value is -2.58. The zero-order valence-corrected chi connectivity index (χ0v) is 25.1. The van der Waals surface area contributed by atoms with Crippen LogP contribution < -0.4 is 10.6 Å². The fourth-order valence-electron chi connectivity index (χ4n) is 5.84. The van der Waals surface area contributed by atoms with Crippen LogP contribution in [0, 0.1) is 3.57 Å². The predicted octanol–water partition coefficient (Wildman–Crippen LogP) is 5.59. The summed E-state index contributed by atoms with van der Waals surface area (Å²) in [7, 11) is 1.53. The smallest absolute Gasteiger partial charge is 0.383 e. The zero-order chi connectivity index (χ0) is 28.9. The molecular formula is C28H28F3IN4O3S. The summed E-state index contributed by atoms with van der Waals surface area (Å²) in [5, 5.41) is 0.257. The molecule has 3 atom stereocenters. The van der Waals surface area contributed by atoms with Crippen molar-refractivity contribution in [2.24, 2.45) is 0 Å². The van der Waals surface area contributed by atoms with Gasteiger partial charge in [0.25, 0.3) is 0 Å². The van der Waals surface area contributed by atoms with Gasteiger partial charge in [0.15, 0.2) is 0 Å². The molecule has 1 amide bonds. The van der Waals surface area contributed by atoms with Crippen LogP contribution in [0.25, 0.3) is 22.0 Å². The standard InChI is InChI=1S/C28H28F3IN4O3S/c1-5-22(37)35-15(2)11-34(12-16(35)3)26-20-10-21(28(29,30)31)23(17-7-6-8-18(32)9-17)25-24(20)36(27(38)33-26)19(13-39-4)14-40-25/h5-10,15-16,19H,1,11-14H2,2-4H3/t15-,16+,19-/m0/s1. The molecule has 1 fully saturated rings. The number of carbonyl (C=O) groups excluding carboxylic acids is 1. The van der Waals surface area contributed by atoms with Crippen LogP contribution in [0.4, 0.5) is 19.0 Å². The molecule has 0 N–H and O–H groups in total. The molecule has 0 radical (unpaired) electrons. The lowest BCUT2D eigenvalue weighted by Crippen LogP contribution is -2.58. The molecule has 12 heteroatoms. The lowest BCUT2D eigenvalue weighted by Gasteiger charge is -2.45. The molecule has 0 aliphatic carbocycles. The van der Waals surface area contributed by atoms with Gasteiger partial charge in [-0.3, -0.25) is 9.36 Å². The SMILES string of the molecule is C=CC(=O)N1[C@H](C)CN(c2nc(=O)n3c4c(c(-c5cccc(I)c5)c(C(F)(F)F)cc24)SC[C@@H]3COC)C[C@@H]1C. The molecular weight excluding hydrogens is 656 g/mol. The molecule has 2 aromatic carbocycles. The van der Waals surface area contributed by atoms with Gasteiger partial charge in [-0.05, 0) is 66.3 Å². The number of carbonyl (C=O) groups is 1. The number of aromatic nitrogens is 2. The number of nitrogens with zero attached hydrogens (tertiary/aromatic N) is 4. The summed E-state index contributed by atoms with van der Waals surface area (Å²) in [6, 6.07) is 7.14. The quantitative estimate of drug-likeness (QED) is 0.258. The number of piperazine rings is 1. The molecule has 40 heavy (non-hydrogen) atoms. The number of halogens is 4. The molecule has 0 bridgehead atoms. The van der Waals surface area contributed by atoms with Crippen molar-refractivity contribution in [3.8, 4) is 11.1 Å². The van der Waals surface area contributed by atoms with E-state index in [4.69, 9.17) is 4.74 Å². The van der Waals surface area contributed by atoms with Crippen LogP contribution in [0.1, 0.15) is 25.5 Å². The maximum atomic E-state index is 14.8. The van der Waals surface area contributed by atoms with Crippen LogP contribution in [0.5, 0.6) is 0 Å². The fourth-order valence-corrected chi connectivity index (χ4v) is 7.70. The van der Waals surface area contributed by atoms with Crippen LogP contribution >= 0.6 is 34.4 Å². The van der Waals surface area contributed by atoms with E-state index in [0.717, 1.165) is 9.64 Å². The van der Waals surface area contributed by atoms with E-state index in [0.29, 0.717) is 34.8 Å². The van der Waals surface area contributed by atoms with Gasteiger partial charge in [0.1, 0.15) is 5.82 Å². The predicted molar refractivity (Wildman–Crippen MR) is 159 cm³/mol. The van der Waals surface area contributed by atoms with E-state index >= 15 is 0 Å². The van der Waals surface area contributed by atoms with Crippen molar-refractivity contribution in [3.05, 3.63) is 62.6 Å². The lowest BCUT2D eigenvalue weighted by atomic mass is 9.96. The minimum atomic E-state index is -4.65. The molecule has 212 valence electrons. The number of hydrogen-bond donors (Lipinski definition) is 0. The number of amides is 1. The summed E-state index contributed by atoms with van der Waals surface area (Å²) < 4.78 is 52.0. The molecule has 3 heterocycles. The lowest BCUT2D eigenvalue weighted by molar-refractivity contribution is -0.137. The van der Waals surface area contributed by atoms with Crippen molar-refractivity contribution in [1.29, 1.82) is 0 Å². The summed E-state index contributed by atoms with van der Waals surface area (Å²) in [5.41, 5.74) is -0.383. The van der Waals surface area contributed by atoms with Crippen molar-refractivity contribution in [3.63, 3.8) is 0 Å². The highest BCUT2D eigenvalue weighted by Gasteiger charge is 2.40. The van der Waals surface area contributed by atoms with Crippen LogP contribution in [0.3, 0.4) is 0 Å². The van der Waals surface area contributed by atoms with Crippen molar-refractivity contribution >= 4 is 57.0 Å². The van der Waals surface area contributed by atoms with Gasteiger partial charge in [0, 0.05) is 57.5 Å². The Bertz CT molecular complexity index is 1550. The summed E-state index contributed by atoms with van der Waals surface area (Å²) in [6.07, 6.45) is -3.40. The first-order valence-corrected chi connectivity index (χ1v) is 14.8. The molecule has 7 nitrogen and oxygen atoms in total. The molecule has 0 saturated carbocycles. The molecule has 0 unspecified atom stereocenters. The second kappa shape index (κ2) is 11.0. The van der Waals surface area contributed by atoms with E-state index in [1.807, 2.05) is 24.8 Å². The fraction of sp³-hybridized carbons (Fsp3) is 0.393.